The molecule has 0 aliphatic carbocycles. The van der Waals surface area contributed by atoms with E-state index in [0.29, 0.717) is 5.75 Å². The third kappa shape index (κ3) is 3.68. The SMILES string of the molecule is NNC(=O)C(Oc1cccc(I)c1)c1ccccc1. The summed E-state index contributed by atoms with van der Waals surface area (Å²) >= 11 is 2.19. The Kier molecular flexibility index (Phi) is 4.75. The molecule has 0 saturated heterocycles. The molecule has 4 nitrogen and oxygen atoms in total. The molecule has 1 amide bonds. The molecule has 0 aliphatic heterocycles. The highest BCUT2D eigenvalue weighted by Crippen LogP contribution is 2.23. The molecular formula is C14H13IN2O2. The second-order valence-corrected chi connectivity index (χ2v) is 5.12. The van der Waals surface area contributed by atoms with Gasteiger partial charge < -0.3 is 4.74 Å². The molecule has 5 heteroatoms. The quantitative estimate of drug-likeness (QED) is 0.377. The molecule has 98 valence electrons. The summed E-state index contributed by atoms with van der Waals surface area (Å²) in [7, 11) is 0. The number of amides is 1. The van der Waals surface area contributed by atoms with E-state index in [4.69, 9.17) is 10.6 Å². The highest BCUT2D eigenvalue weighted by molar-refractivity contribution is 14.1. The summed E-state index contributed by atoms with van der Waals surface area (Å²) < 4.78 is 6.77. The van der Waals surface area contributed by atoms with E-state index in [1.807, 2.05) is 54.6 Å². The van der Waals surface area contributed by atoms with Crippen LogP contribution in [0.5, 0.6) is 5.75 Å². The highest BCUT2D eigenvalue weighted by Gasteiger charge is 2.21. The van der Waals surface area contributed by atoms with E-state index in [1.165, 1.54) is 0 Å². The van der Waals surface area contributed by atoms with E-state index < -0.39 is 6.10 Å². The van der Waals surface area contributed by atoms with Gasteiger partial charge in [0.05, 0.1) is 0 Å². The second-order valence-electron chi connectivity index (χ2n) is 3.87. The molecule has 1 unspecified atom stereocenters. The molecule has 0 spiro atoms. The van der Waals surface area contributed by atoms with Crippen molar-refractivity contribution in [2.45, 2.75) is 6.10 Å². The lowest BCUT2D eigenvalue weighted by Crippen LogP contribution is -2.37. The van der Waals surface area contributed by atoms with E-state index in [-0.39, 0.29) is 5.91 Å². The first-order chi connectivity index (χ1) is 9.20. The molecule has 2 aromatic carbocycles. The number of halogens is 1. The standard InChI is InChI=1S/C14H13IN2O2/c15-11-7-4-8-12(9-11)19-13(14(18)17-16)10-5-2-1-3-6-10/h1-9,13H,16H2,(H,17,18). The van der Waals surface area contributed by atoms with Gasteiger partial charge in [-0.2, -0.15) is 0 Å². The van der Waals surface area contributed by atoms with Gasteiger partial charge in [-0.3, -0.25) is 10.2 Å². The first kappa shape index (κ1) is 13.8. The van der Waals surface area contributed by atoms with Gasteiger partial charge in [0, 0.05) is 9.13 Å². The van der Waals surface area contributed by atoms with Crippen LogP contribution in [-0.4, -0.2) is 5.91 Å². The van der Waals surface area contributed by atoms with Crippen molar-refractivity contribution in [3.8, 4) is 5.75 Å². The van der Waals surface area contributed by atoms with Crippen molar-refractivity contribution < 1.29 is 9.53 Å². The van der Waals surface area contributed by atoms with Crippen LogP contribution in [-0.2, 0) is 4.79 Å². The Hall–Kier alpha value is -1.60. The van der Waals surface area contributed by atoms with E-state index in [0.717, 1.165) is 9.13 Å². The minimum Gasteiger partial charge on any atom is -0.476 e. The number of carbonyl (C=O) groups is 1. The van der Waals surface area contributed by atoms with Crippen LogP contribution in [0.15, 0.2) is 54.6 Å². The minimum atomic E-state index is -0.760. The zero-order valence-electron chi connectivity index (χ0n) is 10.0. The maximum atomic E-state index is 11.8. The maximum Gasteiger partial charge on any atom is 0.279 e. The second kappa shape index (κ2) is 6.53. The number of carbonyl (C=O) groups excluding carboxylic acids is 1. The lowest BCUT2D eigenvalue weighted by atomic mass is 10.1. The van der Waals surface area contributed by atoms with Gasteiger partial charge in [-0.1, -0.05) is 36.4 Å². The van der Waals surface area contributed by atoms with Crippen LogP contribution in [0, 0.1) is 3.57 Å². The normalized spacial score (nSPS) is 11.7. The molecular weight excluding hydrogens is 355 g/mol. The number of nitrogens with one attached hydrogen (secondary N) is 1. The van der Waals surface area contributed by atoms with Gasteiger partial charge in [0.2, 0.25) is 6.10 Å². The van der Waals surface area contributed by atoms with Crippen molar-refractivity contribution >= 4 is 28.5 Å². The zero-order chi connectivity index (χ0) is 13.7. The molecule has 2 aromatic rings. The Bertz CT molecular complexity index is 560. The van der Waals surface area contributed by atoms with Crippen molar-refractivity contribution in [3.05, 3.63) is 63.7 Å². The number of hydrogen-bond donors (Lipinski definition) is 2. The first-order valence-corrected chi connectivity index (χ1v) is 6.76. The van der Waals surface area contributed by atoms with E-state index in [2.05, 4.69) is 28.0 Å². The van der Waals surface area contributed by atoms with Crippen LogP contribution < -0.4 is 16.0 Å². The van der Waals surface area contributed by atoms with Crippen LogP contribution in [0.25, 0.3) is 0 Å². The van der Waals surface area contributed by atoms with Crippen molar-refractivity contribution in [2.75, 3.05) is 0 Å². The number of hydrazine groups is 1. The summed E-state index contributed by atoms with van der Waals surface area (Å²) in [5.41, 5.74) is 2.89. The molecule has 0 bridgehead atoms. The van der Waals surface area contributed by atoms with E-state index in [1.54, 1.807) is 0 Å². The summed E-state index contributed by atoms with van der Waals surface area (Å²) in [5.74, 6) is 5.46. The van der Waals surface area contributed by atoms with Crippen molar-refractivity contribution in [3.63, 3.8) is 0 Å². The zero-order valence-corrected chi connectivity index (χ0v) is 12.2. The topological polar surface area (TPSA) is 64.3 Å². The fourth-order valence-electron chi connectivity index (χ4n) is 1.65. The monoisotopic (exact) mass is 368 g/mol. The Labute approximate surface area is 125 Å². The smallest absolute Gasteiger partial charge is 0.279 e. The molecule has 0 aromatic heterocycles. The van der Waals surface area contributed by atoms with Gasteiger partial charge in [-0.05, 0) is 40.8 Å². The summed E-state index contributed by atoms with van der Waals surface area (Å²) in [6, 6.07) is 16.7. The van der Waals surface area contributed by atoms with Crippen LogP contribution in [0.2, 0.25) is 0 Å². The van der Waals surface area contributed by atoms with Gasteiger partial charge in [-0.15, -0.1) is 0 Å². The summed E-state index contributed by atoms with van der Waals surface area (Å²) in [5, 5.41) is 0. The molecule has 0 fully saturated rings. The number of benzene rings is 2. The summed E-state index contributed by atoms with van der Waals surface area (Å²) in [6.07, 6.45) is -0.760. The van der Waals surface area contributed by atoms with Crippen molar-refractivity contribution in [1.29, 1.82) is 0 Å². The summed E-state index contributed by atoms with van der Waals surface area (Å²) in [4.78, 5) is 11.8. The predicted octanol–water partition coefficient (Wildman–Crippen LogP) is 2.40. The van der Waals surface area contributed by atoms with Gasteiger partial charge in [0.25, 0.3) is 5.91 Å². The molecule has 19 heavy (non-hydrogen) atoms. The fraction of sp³-hybridized carbons (Fsp3) is 0.0714. The minimum absolute atomic E-state index is 0.384. The Morgan fingerprint density at radius 1 is 1.16 bits per heavy atom. The molecule has 0 saturated carbocycles. The van der Waals surface area contributed by atoms with Crippen molar-refractivity contribution in [2.24, 2.45) is 5.84 Å². The molecule has 1 atom stereocenters. The van der Waals surface area contributed by atoms with Crippen molar-refractivity contribution in [1.82, 2.24) is 5.43 Å². The average molecular weight is 368 g/mol. The van der Waals surface area contributed by atoms with Gasteiger partial charge in [0.15, 0.2) is 0 Å². The van der Waals surface area contributed by atoms with E-state index >= 15 is 0 Å². The lowest BCUT2D eigenvalue weighted by Gasteiger charge is -2.18. The summed E-state index contributed by atoms with van der Waals surface area (Å²) in [6.45, 7) is 0. The van der Waals surface area contributed by atoms with Crippen LogP contribution in [0.3, 0.4) is 0 Å². The molecule has 0 aliphatic rings. The van der Waals surface area contributed by atoms with Gasteiger partial charge >= 0.3 is 0 Å². The number of rotatable bonds is 4. The molecule has 0 radical (unpaired) electrons. The number of nitrogens with two attached hydrogens (primary N) is 1. The van der Waals surface area contributed by atoms with Crippen LogP contribution >= 0.6 is 22.6 Å². The molecule has 2 rings (SSSR count). The van der Waals surface area contributed by atoms with Crippen LogP contribution in [0.1, 0.15) is 11.7 Å². The molecule has 0 heterocycles. The third-order valence-electron chi connectivity index (χ3n) is 2.53. The third-order valence-corrected chi connectivity index (χ3v) is 3.20. The largest absolute Gasteiger partial charge is 0.476 e. The van der Waals surface area contributed by atoms with E-state index in [9.17, 15) is 4.79 Å². The molecule has 3 N–H and O–H groups in total. The van der Waals surface area contributed by atoms with Gasteiger partial charge in [0.1, 0.15) is 5.75 Å². The predicted molar refractivity (Wildman–Crippen MR) is 81.3 cm³/mol. The lowest BCUT2D eigenvalue weighted by molar-refractivity contribution is -0.128. The average Bonchev–Trinajstić information content (AvgIpc) is 2.45. The van der Waals surface area contributed by atoms with Crippen LogP contribution in [0.4, 0.5) is 0 Å². The maximum absolute atomic E-state index is 11.8. The Morgan fingerprint density at radius 2 is 1.89 bits per heavy atom. The number of ether oxygens (including phenoxy) is 1. The fourth-order valence-corrected chi connectivity index (χ4v) is 2.17. The highest BCUT2D eigenvalue weighted by atomic mass is 127. The van der Waals surface area contributed by atoms with Gasteiger partial charge in [-0.25, -0.2) is 5.84 Å². The Balaban J connectivity index is 2.27. The first-order valence-electron chi connectivity index (χ1n) is 5.68. The Morgan fingerprint density at radius 3 is 2.53 bits per heavy atom. The number of hydrogen-bond acceptors (Lipinski definition) is 3.